The average Bonchev–Trinajstić information content (AvgIpc) is 3.13. The summed E-state index contributed by atoms with van der Waals surface area (Å²) in [7, 11) is 1.85. The van der Waals surface area contributed by atoms with Gasteiger partial charge in [0.2, 0.25) is 0 Å². The summed E-state index contributed by atoms with van der Waals surface area (Å²) in [5.74, 6) is 0.719. The number of rotatable bonds is 6. The molecular formula is C14H28N2O. The van der Waals surface area contributed by atoms with E-state index >= 15 is 0 Å². The fraction of sp³-hybridized carbons (Fsp3) is 1.00. The number of hydrogen-bond donors (Lipinski definition) is 1. The molecule has 0 amide bonds. The van der Waals surface area contributed by atoms with Crippen LogP contribution in [0.3, 0.4) is 0 Å². The van der Waals surface area contributed by atoms with Crippen LogP contribution in [0.2, 0.25) is 0 Å². The van der Waals surface area contributed by atoms with E-state index in [2.05, 4.69) is 24.1 Å². The predicted octanol–water partition coefficient (Wildman–Crippen LogP) is 1.87. The van der Waals surface area contributed by atoms with Crippen molar-refractivity contribution in [3.05, 3.63) is 0 Å². The molecule has 0 aromatic rings. The van der Waals surface area contributed by atoms with E-state index in [0.717, 1.165) is 25.0 Å². The number of nitrogens with zero attached hydrogens (tertiary/aromatic N) is 1. The second-order valence-corrected chi connectivity index (χ2v) is 5.99. The molecule has 0 radical (unpaired) electrons. The van der Waals surface area contributed by atoms with Crippen molar-refractivity contribution in [1.29, 1.82) is 0 Å². The minimum atomic E-state index is 0.450. The molecule has 1 saturated carbocycles. The molecule has 1 aliphatic heterocycles. The van der Waals surface area contributed by atoms with Gasteiger partial charge in [0.1, 0.15) is 0 Å². The van der Waals surface area contributed by atoms with E-state index in [1.807, 2.05) is 7.11 Å². The van der Waals surface area contributed by atoms with Crippen LogP contribution in [0.1, 0.15) is 39.5 Å². The number of likely N-dealkylation sites (tertiary alicyclic amines) is 1. The number of methoxy groups -OCH3 is 1. The lowest BCUT2D eigenvalue weighted by Gasteiger charge is -2.40. The molecule has 0 bridgehead atoms. The highest BCUT2D eigenvalue weighted by Gasteiger charge is 2.29. The van der Waals surface area contributed by atoms with Gasteiger partial charge >= 0.3 is 0 Å². The molecule has 1 heterocycles. The van der Waals surface area contributed by atoms with Crippen LogP contribution >= 0.6 is 0 Å². The first kappa shape index (κ1) is 13.3. The number of ether oxygens (including phenoxy) is 1. The molecule has 3 nitrogen and oxygen atoms in total. The number of nitrogens with one attached hydrogen (secondary N) is 1. The first-order chi connectivity index (χ1) is 8.20. The van der Waals surface area contributed by atoms with Crippen molar-refractivity contribution >= 4 is 0 Å². The van der Waals surface area contributed by atoms with Crippen LogP contribution < -0.4 is 5.32 Å². The van der Waals surface area contributed by atoms with Crippen LogP contribution in [0.25, 0.3) is 0 Å². The van der Waals surface area contributed by atoms with E-state index in [9.17, 15) is 0 Å². The van der Waals surface area contributed by atoms with Crippen molar-refractivity contribution in [3.63, 3.8) is 0 Å². The molecule has 0 aromatic heterocycles. The summed E-state index contributed by atoms with van der Waals surface area (Å²) in [6.45, 7) is 8.20. The standard InChI is InChI=1S/C14H28N2O/c1-11(2)14(9-15-12-6-7-12)16-8-4-5-13(10-16)17-3/h11-15H,4-10H2,1-3H3. The van der Waals surface area contributed by atoms with E-state index in [1.165, 1.54) is 32.2 Å². The van der Waals surface area contributed by atoms with Gasteiger partial charge in [-0.15, -0.1) is 0 Å². The Morgan fingerprint density at radius 3 is 2.65 bits per heavy atom. The zero-order valence-corrected chi connectivity index (χ0v) is 11.6. The summed E-state index contributed by atoms with van der Waals surface area (Å²) in [6.07, 6.45) is 5.72. The van der Waals surface area contributed by atoms with Crippen LogP contribution in [0.4, 0.5) is 0 Å². The average molecular weight is 240 g/mol. The Hall–Kier alpha value is -0.120. The third-order valence-corrected chi connectivity index (χ3v) is 4.17. The van der Waals surface area contributed by atoms with Crippen LogP contribution in [-0.2, 0) is 4.74 Å². The first-order valence-electron chi connectivity index (χ1n) is 7.21. The second kappa shape index (κ2) is 6.17. The maximum atomic E-state index is 5.53. The van der Waals surface area contributed by atoms with Crippen molar-refractivity contribution in [2.75, 3.05) is 26.7 Å². The molecule has 17 heavy (non-hydrogen) atoms. The molecule has 1 N–H and O–H groups in total. The van der Waals surface area contributed by atoms with Crippen LogP contribution in [0.15, 0.2) is 0 Å². The minimum Gasteiger partial charge on any atom is -0.380 e. The van der Waals surface area contributed by atoms with Crippen molar-refractivity contribution in [1.82, 2.24) is 10.2 Å². The molecule has 2 fully saturated rings. The zero-order valence-electron chi connectivity index (χ0n) is 11.6. The molecule has 1 saturated heterocycles. The predicted molar refractivity (Wildman–Crippen MR) is 71.3 cm³/mol. The smallest absolute Gasteiger partial charge is 0.0698 e. The van der Waals surface area contributed by atoms with Crippen LogP contribution in [0.5, 0.6) is 0 Å². The second-order valence-electron chi connectivity index (χ2n) is 5.99. The van der Waals surface area contributed by atoms with Gasteiger partial charge in [0.05, 0.1) is 6.10 Å². The summed E-state index contributed by atoms with van der Waals surface area (Å²) < 4.78 is 5.53. The molecule has 0 spiro atoms. The van der Waals surface area contributed by atoms with E-state index in [4.69, 9.17) is 4.74 Å². The highest BCUT2D eigenvalue weighted by Crippen LogP contribution is 2.22. The maximum Gasteiger partial charge on any atom is 0.0698 e. The molecule has 1 aliphatic carbocycles. The van der Waals surface area contributed by atoms with Gasteiger partial charge in [-0.3, -0.25) is 4.90 Å². The maximum absolute atomic E-state index is 5.53. The van der Waals surface area contributed by atoms with E-state index in [-0.39, 0.29) is 0 Å². The van der Waals surface area contributed by atoms with Gasteiger partial charge in [0, 0.05) is 32.3 Å². The van der Waals surface area contributed by atoms with Crippen molar-refractivity contribution in [2.24, 2.45) is 5.92 Å². The Morgan fingerprint density at radius 1 is 1.29 bits per heavy atom. The monoisotopic (exact) mass is 240 g/mol. The molecule has 100 valence electrons. The first-order valence-corrected chi connectivity index (χ1v) is 7.21. The topological polar surface area (TPSA) is 24.5 Å². The number of hydrogen-bond acceptors (Lipinski definition) is 3. The molecule has 2 atom stereocenters. The Kier molecular flexibility index (Phi) is 4.83. The van der Waals surface area contributed by atoms with E-state index in [0.29, 0.717) is 12.1 Å². The lowest BCUT2D eigenvalue weighted by molar-refractivity contribution is 0.00595. The summed E-state index contributed by atoms with van der Waals surface area (Å²) in [6, 6.07) is 1.49. The normalized spacial score (nSPS) is 28.6. The third-order valence-electron chi connectivity index (χ3n) is 4.17. The quantitative estimate of drug-likeness (QED) is 0.767. The third kappa shape index (κ3) is 3.94. The molecule has 0 aromatic carbocycles. The van der Waals surface area contributed by atoms with Gasteiger partial charge in [-0.25, -0.2) is 0 Å². The highest BCUT2D eigenvalue weighted by atomic mass is 16.5. The fourth-order valence-electron chi connectivity index (χ4n) is 2.82. The lowest BCUT2D eigenvalue weighted by Crippen LogP contribution is -2.51. The van der Waals surface area contributed by atoms with Crippen LogP contribution in [0, 0.1) is 5.92 Å². The summed E-state index contributed by atoms with van der Waals surface area (Å²) in [5.41, 5.74) is 0. The fourth-order valence-corrected chi connectivity index (χ4v) is 2.82. The summed E-state index contributed by atoms with van der Waals surface area (Å²) in [4.78, 5) is 2.64. The van der Waals surface area contributed by atoms with Crippen molar-refractivity contribution in [3.8, 4) is 0 Å². The SMILES string of the molecule is COC1CCCN(C(CNC2CC2)C(C)C)C1. The van der Waals surface area contributed by atoms with Gasteiger partial charge in [-0.05, 0) is 38.1 Å². The lowest BCUT2D eigenvalue weighted by atomic mass is 9.98. The number of piperidine rings is 1. The minimum absolute atomic E-state index is 0.450. The zero-order chi connectivity index (χ0) is 12.3. The molecule has 2 unspecified atom stereocenters. The van der Waals surface area contributed by atoms with E-state index < -0.39 is 0 Å². The van der Waals surface area contributed by atoms with Gasteiger partial charge in [-0.1, -0.05) is 13.8 Å². The summed E-state index contributed by atoms with van der Waals surface area (Å²) >= 11 is 0. The van der Waals surface area contributed by atoms with Gasteiger partial charge < -0.3 is 10.1 Å². The Labute approximate surface area is 106 Å². The van der Waals surface area contributed by atoms with Gasteiger partial charge in [-0.2, -0.15) is 0 Å². The summed E-state index contributed by atoms with van der Waals surface area (Å²) in [5, 5.41) is 3.69. The highest BCUT2D eigenvalue weighted by molar-refractivity contribution is 4.87. The van der Waals surface area contributed by atoms with Crippen molar-refractivity contribution in [2.45, 2.75) is 57.7 Å². The van der Waals surface area contributed by atoms with Gasteiger partial charge in [0.25, 0.3) is 0 Å². The van der Waals surface area contributed by atoms with Gasteiger partial charge in [0.15, 0.2) is 0 Å². The molecular weight excluding hydrogens is 212 g/mol. The molecule has 3 heteroatoms. The molecule has 2 aliphatic rings. The Morgan fingerprint density at radius 2 is 2.06 bits per heavy atom. The molecule has 2 rings (SSSR count). The van der Waals surface area contributed by atoms with Crippen molar-refractivity contribution < 1.29 is 4.74 Å². The van der Waals surface area contributed by atoms with E-state index in [1.54, 1.807) is 0 Å². The largest absolute Gasteiger partial charge is 0.380 e. The Bertz CT molecular complexity index is 228. The van der Waals surface area contributed by atoms with Crippen LogP contribution in [-0.4, -0.2) is 49.8 Å². The Balaban J connectivity index is 1.84.